The predicted molar refractivity (Wildman–Crippen MR) is 114 cm³/mol. The van der Waals surface area contributed by atoms with Crippen LogP contribution in [0.1, 0.15) is 58.7 Å². The third-order valence-corrected chi connectivity index (χ3v) is 6.26. The van der Waals surface area contributed by atoms with E-state index in [0.717, 1.165) is 42.8 Å². The number of benzene rings is 1. The lowest BCUT2D eigenvalue weighted by Gasteiger charge is -2.32. The van der Waals surface area contributed by atoms with Gasteiger partial charge in [0.25, 0.3) is 0 Å². The molecular formula is C22H31BN2O5. The fourth-order valence-corrected chi connectivity index (χ4v) is 3.67. The van der Waals surface area contributed by atoms with E-state index in [-0.39, 0.29) is 6.23 Å². The Hall–Kier alpha value is -2.03. The molecule has 0 aliphatic carbocycles. The molecule has 1 atom stereocenters. The third kappa shape index (κ3) is 4.09. The summed E-state index contributed by atoms with van der Waals surface area (Å²) in [7, 11) is 1.08. The molecule has 0 spiro atoms. The number of rotatable bonds is 6. The highest BCUT2D eigenvalue weighted by Gasteiger charge is 2.54. The molecule has 1 aromatic carbocycles. The quantitative estimate of drug-likeness (QED) is 0.675. The van der Waals surface area contributed by atoms with Crippen molar-refractivity contribution in [2.24, 2.45) is 0 Å². The summed E-state index contributed by atoms with van der Waals surface area (Å²) in [5.74, 6) is 1.47. The van der Waals surface area contributed by atoms with E-state index in [1.165, 1.54) is 0 Å². The summed E-state index contributed by atoms with van der Waals surface area (Å²) in [6, 6.07) is 7.82. The highest BCUT2D eigenvalue weighted by Crippen LogP contribution is 2.37. The van der Waals surface area contributed by atoms with E-state index in [0.29, 0.717) is 12.4 Å². The first-order chi connectivity index (χ1) is 14.3. The van der Waals surface area contributed by atoms with E-state index in [1.807, 2.05) is 56.6 Å². The molecule has 0 saturated carbocycles. The van der Waals surface area contributed by atoms with Gasteiger partial charge in [0.1, 0.15) is 24.2 Å². The molecule has 162 valence electrons. The predicted octanol–water partition coefficient (Wildman–Crippen LogP) is 3.47. The van der Waals surface area contributed by atoms with Crippen molar-refractivity contribution in [3.8, 4) is 11.5 Å². The van der Waals surface area contributed by atoms with E-state index in [9.17, 15) is 0 Å². The van der Waals surface area contributed by atoms with Gasteiger partial charge >= 0.3 is 7.12 Å². The fraction of sp³-hybridized carbons (Fsp3) is 0.591. The summed E-state index contributed by atoms with van der Waals surface area (Å²) < 4.78 is 31.9. The maximum absolute atomic E-state index is 6.33. The van der Waals surface area contributed by atoms with Gasteiger partial charge in [-0.25, -0.2) is 4.68 Å². The Morgan fingerprint density at radius 3 is 2.40 bits per heavy atom. The van der Waals surface area contributed by atoms with Gasteiger partial charge in [0.2, 0.25) is 0 Å². The van der Waals surface area contributed by atoms with Crippen molar-refractivity contribution in [3.05, 3.63) is 36.0 Å². The number of hydrogen-bond acceptors (Lipinski definition) is 6. The molecule has 0 N–H and O–H groups in total. The Morgan fingerprint density at radius 1 is 1.10 bits per heavy atom. The van der Waals surface area contributed by atoms with Gasteiger partial charge in [-0.3, -0.25) is 0 Å². The van der Waals surface area contributed by atoms with Crippen LogP contribution in [0.15, 0.2) is 30.5 Å². The molecule has 1 aromatic heterocycles. The lowest BCUT2D eigenvalue weighted by atomic mass is 9.83. The van der Waals surface area contributed by atoms with Gasteiger partial charge in [0.15, 0.2) is 5.75 Å². The first-order valence-corrected chi connectivity index (χ1v) is 10.6. The zero-order valence-corrected chi connectivity index (χ0v) is 18.5. The van der Waals surface area contributed by atoms with Crippen LogP contribution in [0, 0.1) is 0 Å². The monoisotopic (exact) mass is 414 g/mol. The van der Waals surface area contributed by atoms with Crippen LogP contribution in [0.2, 0.25) is 0 Å². The minimum atomic E-state index is -0.575. The molecule has 2 aromatic rings. The number of ether oxygens (including phenoxy) is 3. The fourth-order valence-electron chi connectivity index (χ4n) is 3.67. The third-order valence-electron chi connectivity index (χ3n) is 6.26. The van der Waals surface area contributed by atoms with Gasteiger partial charge in [0.05, 0.1) is 24.5 Å². The second-order valence-electron chi connectivity index (χ2n) is 8.88. The van der Waals surface area contributed by atoms with E-state index in [1.54, 1.807) is 13.3 Å². The molecule has 30 heavy (non-hydrogen) atoms. The molecule has 1 unspecified atom stereocenters. The molecule has 2 aliphatic rings. The first kappa shape index (κ1) is 21.2. The largest absolute Gasteiger partial charge is 0.518 e. The van der Waals surface area contributed by atoms with Gasteiger partial charge in [-0.15, -0.1) is 0 Å². The maximum atomic E-state index is 6.33. The molecule has 3 heterocycles. The van der Waals surface area contributed by atoms with Crippen molar-refractivity contribution in [3.63, 3.8) is 0 Å². The topological polar surface area (TPSA) is 64.0 Å². The summed E-state index contributed by atoms with van der Waals surface area (Å²) in [6.45, 7) is 9.32. The standard InChI is InChI=1S/C22H31BN2O5/c1-21(2)22(3,4)30-23(29-21)20-18(14-24-25(20)19-8-6-7-13-27-19)28-15-16-9-11-17(26-5)12-10-16/h9-12,14,19H,6-8,13,15H2,1-5H3. The zero-order valence-electron chi connectivity index (χ0n) is 18.5. The average molecular weight is 414 g/mol. The van der Waals surface area contributed by atoms with Crippen LogP contribution in [0.5, 0.6) is 11.5 Å². The van der Waals surface area contributed by atoms with Crippen LogP contribution in [0.4, 0.5) is 0 Å². The molecule has 8 heteroatoms. The summed E-state index contributed by atoms with van der Waals surface area (Å²) >= 11 is 0. The van der Waals surface area contributed by atoms with Crippen LogP contribution in [-0.4, -0.2) is 41.8 Å². The SMILES string of the molecule is COc1ccc(COc2cnn(C3CCCCO3)c2B2OC(C)(C)C(C)(C)O2)cc1. The van der Waals surface area contributed by atoms with E-state index in [2.05, 4.69) is 5.10 Å². The van der Waals surface area contributed by atoms with Crippen molar-refractivity contribution in [1.29, 1.82) is 0 Å². The number of nitrogens with zero attached hydrogens (tertiary/aromatic N) is 2. The van der Waals surface area contributed by atoms with Gasteiger partial charge in [-0.2, -0.15) is 5.10 Å². The summed E-state index contributed by atoms with van der Waals surface area (Å²) in [4.78, 5) is 0. The van der Waals surface area contributed by atoms with Crippen LogP contribution >= 0.6 is 0 Å². The molecule has 0 radical (unpaired) electrons. The lowest BCUT2D eigenvalue weighted by Crippen LogP contribution is -2.42. The van der Waals surface area contributed by atoms with Gasteiger partial charge < -0.3 is 23.5 Å². The summed E-state index contributed by atoms with van der Waals surface area (Å²) in [5, 5.41) is 4.61. The van der Waals surface area contributed by atoms with Gasteiger partial charge in [0, 0.05) is 6.61 Å². The lowest BCUT2D eigenvalue weighted by molar-refractivity contribution is -0.0380. The second-order valence-corrected chi connectivity index (χ2v) is 8.88. The van der Waals surface area contributed by atoms with Crippen LogP contribution in [0.3, 0.4) is 0 Å². The van der Waals surface area contributed by atoms with E-state index in [4.69, 9.17) is 23.5 Å². The summed E-state index contributed by atoms with van der Waals surface area (Å²) in [5.41, 5.74) is 0.910. The van der Waals surface area contributed by atoms with Gasteiger partial charge in [-0.1, -0.05) is 12.1 Å². The molecule has 4 rings (SSSR count). The molecule has 0 amide bonds. The Morgan fingerprint density at radius 2 is 1.80 bits per heavy atom. The summed E-state index contributed by atoms with van der Waals surface area (Å²) in [6.07, 6.45) is 4.69. The normalized spacial score (nSPS) is 22.8. The van der Waals surface area contributed by atoms with Crippen molar-refractivity contribution in [1.82, 2.24) is 9.78 Å². The maximum Gasteiger partial charge on any atom is 0.518 e. The van der Waals surface area contributed by atoms with Crippen LogP contribution < -0.4 is 15.1 Å². The molecule has 2 aliphatic heterocycles. The molecule has 2 saturated heterocycles. The van der Waals surface area contributed by atoms with E-state index < -0.39 is 18.3 Å². The highest BCUT2D eigenvalue weighted by molar-refractivity contribution is 6.62. The smallest absolute Gasteiger partial charge is 0.497 e. The number of methoxy groups -OCH3 is 1. The van der Waals surface area contributed by atoms with Crippen molar-refractivity contribution >= 4 is 12.7 Å². The average Bonchev–Trinajstić information content (AvgIpc) is 3.25. The molecule has 0 bridgehead atoms. The van der Waals surface area contributed by atoms with Crippen LogP contribution in [-0.2, 0) is 20.7 Å². The Bertz CT molecular complexity index is 843. The molecule has 7 nitrogen and oxygen atoms in total. The minimum Gasteiger partial charge on any atom is -0.497 e. The van der Waals surface area contributed by atoms with Gasteiger partial charge in [-0.05, 0) is 64.7 Å². The highest BCUT2D eigenvalue weighted by atomic mass is 16.7. The Kier molecular flexibility index (Phi) is 5.83. The number of aromatic nitrogens is 2. The Labute approximate surface area is 178 Å². The van der Waals surface area contributed by atoms with Crippen molar-refractivity contribution in [2.75, 3.05) is 13.7 Å². The van der Waals surface area contributed by atoms with E-state index >= 15 is 0 Å². The number of hydrogen-bond donors (Lipinski definition) is 0. The van der Waals surface area contributed by atoms with Crippen LogP contribution in [0.25, 0.3) is 0 Å². The Balaban J connectivity index is 1.60. The zero-order chi connectivity index (χ0) is 21.4. The van der Waals surface area contributed by atoms with Crippen molar-refractivity contribution in [2.45, 2.75) is 71.0 Å². The first-order valence-electron chi connectivity index (χ1n) is 10.6. The van der Waals surface area contributed by atoms with Crippen molar-refractivity contribution < 1.29 is 23.5 Å². The minimum absolute atomic E-state index is 0.133. The second kappa shape index (κ2) is 8.25. The molecular weight excluding hydrogens is 383 g/mol. The molecule has 2 fully saturated rings.